The number of methoxy groups -OCH3 is 1. The summed E-state index contributed by atoms with van der Waals surface area (Å²) >= 11 is 7.32. The number of nitrogens with zero attached hydrogens (tertiary/aromatic N) is 1. The third-order valence-electron chi connectivity index (χ3n) is 2.46. The van der Waals surface area contributed by atoms with Crippen LogP contribution in [0.3, 0.4) is 0 Å². The third-order valence-corrected chi connectivity index (χ3v) is 3.52. The number of hydrogen-bond acceptors (Lipinski definition) is 5. The molecular weight excluding hydrogens is 284 g/mol. The van der Waals surface area contributed by atoms with E-state index < -0.39 is 0 Å². The van der Waals surface area contributed by atoms with Gasteiger partial charge in [-0.3, -0.25) is 4.79 Å². The van der Waals surface area contributed by atoms with Crippen molar-refractivity contribution in [3.8, 4) is 0 Å². The van der Waals surface area contributed by atoms with Gasteiger partial charge in [0.05, 0.1) is 19.2 Å². The molecular formula is C13H13ClN2O2S. The number of hydrogen-bond donors (Lipinski definition) is 1. The summed E-state index contributed by atoms with van der Waals surface area (Å²) in [7, 11) is 1.39. The second-order valence-corrected chi connectivity index (χ2v) is 5.15. The van der Waals surface area contributed by atoms with Crippen LogP contribution in [0.5, 0.6) is 0 Å². The van der Waals surface area contributed by atoms with Gasteiger partial charge in [0, 0.05) is 22.5 Å². The van der Waals surface area contributed by atoms with Crippen LogP contribution in [0, 0.1) is 0 Å². The normalized spacial score (nSPS) is 10.2. The lowest BCUT2D eigenvalue weighted by atomic mass is 10.2. The van der Waals surface area contributed by atoms with Crippen LogP contribution < -0.4 is 5.32 Å². The Bertz CT molecular complexity index is 554. The summed E-state index contributed by atoms with van der Waals surface area (Å²) in [5.41, 5.74) is 1.81. The second kappa shape index (κ2) is 6.54. The lowest BCUT2D eigenvalue weighted by Gasteiger charge is -2.01. The van der Waals surface area contributed by atoms with Gasteiger partial charge in [0.1, 0.15) is 0 Å². The zero-order valence-electron chi connectivity index (χ0n) is 10.4. The summed E-state index contributed by atoms with van der Waals surface area (Å²) in [5, 5.41) is 6.61. The highest BCUT2D eigenvalue weighted by Crippen LogP contribution is 2.22. The molecule has 0 bridgehead atoms. The highest BCUT2D eigenvalue weighted by Gasteiger charge is 2.06. The number of aromatic nitrogens is 1. The average Bonchev–Trinajstić information content (AvgIpc) is 2.86. The van der Waals surface area contributed by atoms with Gasteiger partial charge < -0.3 is 10.1 Å². The van der Waals surface area contributed by atoms with Crippen molar-refractivity contribution >= 4 is 39.7 Å². The first-order valence-corrected chi connectivity index (χ1v) is 6.97. The molecule has 0 spiro atoms. The minimum Gasteiger partial charge on any atom is -0.469 e. The first-order chi connectivity index (χ1) is 9.17. The molecule has 4 nitrogen and oxygen atoms in total. The van der Waals surface area contributed by atoms with Crippen LogP contribution in [0.2, 0.25) is 5.02 Å². The number of carbonyl (C=O) groups excluding carboxylic acids is 1. The van der Waals surface area contributed by atoms with E-state index in [0.717, 1.165) is 16.5 Å². The third kappa shape index (κ3) is 4.22. The van der Waals surface area contributed by atoms with Gasteiger partial charge >= 0.3 is 5.97 Å². The SMILES string of the molecule is COC(=O)CCc1csc(Nc2ccc(Cl)cc2)n1. The van der Waals surface area contributed by atoms with Crippen molar-refractivity contribution in [3.63, 3.8) is 0 Å². The predicted molar refractivity (Wildman–Crippen MR) is 77.2 cm³/mol. The van der Waals surface area contributed by atoms with Gasteiger partial charge in [0.15, 0.2) is 5.13 Å². The fourth-order valence-corrected chi connectivity index (χ4v) is 2.36. The highest BCUT2D eigenvalue weighted by molar-refractivity contribution is 7.13. The standard InChI is InChI=1S/C13H13ClN2O2S/c1-18-12(17)7-6-11-8-19-13(16-11)15-10-4-2-9(14)3-5-10/h2-5,8H,6-7H2,1H3,(H,15,16). The zero-order chi connectivity index (χ0) is 13.7. The van der Waals surface area contributed by atoms with Crippen molar-refractivity contribution in [1.82, 2.24) is 4.98 Å². The molecule has 0 atom stereocenters. The van der Waals surface area contributed by atoms with E-state index in [1.165, 1.54) is 18.4 Å². The maximum absolute atomic E-state index is 11.0. The Kier molecular flexibility index (Phi) is 4.76. The van der Waals surface area contributed by atoms with E-state index >= 15 is 0 Å². The molecule has 0 saturated carbocycles. The quantitative estimate of drug-likeness (QED) is 0.856. The number of carbonyl (C=O) groups is 1. The topological polar surface area (TPSA) is 51.2 Å². The van der Waals surface area contributed by atoms with E-state index in [0.29, 0.717) is 17.9 Å². The van der Waals surface area contributed by atoms with Crippen LogP contribution in [0.4, 0.5) is 10.8 Å². The van der Waals surface area contributed by atoms with Gasteiger partial charge in [-0.05, 0) is 24.3 Å². The van der Waals surface area contributed by atoms with E-state index in [4.69, 9.17) is 11.6 Å². The maximum atomic E-state index is 11.0. The van der Waals surface area contributed by atoms with E-state index in [1.807, 2.05) is 29.6 Å². The van der Waals surface area contributed by atoms with Crippen LogP contribution in [0.25, 0.3) is 0 Å². The Hall–Kier alpha value is -1.59. The van der Waals surface area contributed by atoms with Gasteiger partial charge in [0.25, 0.3) is 0 Å². The summed E-state index contributed by atoms with van der Waals surface area (Å²) in [5.74, 6) is -0.222. The zero-order valence-corrected chi connectivity index (χ0v) is 11.9. The first kappa shape index (κ1) is 13.8. The molecule has 2 rings (SSSR count). The Balaban J connectivity index is 1.93. The molecule has 0 fully saturated rings. The Morgan fingerprint density at radius 3 is 2.84 bits per heavy atom. The summed E-state index contributed by atoms with van der Waals surface area (Å²) in [6, 6.07) is 7.40. The fraction of sp³-hybridized carbons (Fsp3) is 0.231. The van der Waals surface area contributed by atoms with Crippen LogP contribution in [-0.4, -0.2) is 18.1 Å². The van der Waals surface area contributed by atoms with Gasteiger partial charge in [0.2, 0.25) is 0 Å². The first-order valence-electron chi connectivity index (χ1n) is 5.71. The van der Waals surface area contributed by atoms with E-state index in [1.54, 1.807) is 0 Å². The molecule has 1 heterocycles. The summed E-state index contributed by atoms with van der Waals surface area (Å²) < 4.78 is 4.59. The lowest BCUT2D eigenvalue weighted by Crippen LogP contribution is -2.02. The Morgan fingerprint density at radius 1 is 1.42 bits per heavy atom. The molecule has 0 amide bonds. The molecule has 0 aliphatic heterocycles. The molecule has 0 radical (unpaired) electrons. The van der Waals surface area contributed by atoms with E-state index in [9.17, 15) is 4.79 Å². The molecule has 0 saturated heterocycles. The van der Waals surface area contributed by atoms with Crippen molar-refractivity contribution in [2.75, 3.05) is 12.4 Å². The fourth-order valence-electron chi connectivity index (χ4n) is 1.47. The molecule has 100 valence electrons. The van der Waals surface area contributed by atoms with E-state index in [-0.39, 0.29) is 5.97 Å². The number of rotatable bonds is 5. The molecule has 0 aliphatic rings. The minimum absolute atomic E-state index is 0.222. The van der Waals surface area contributed by atoms with Gasteiger partial charge in [-0.1, -0.05) is 11.6 Å². The van der Waals surface area contributed by atoms with Crippen molar-refractivity contribution in [3.05, 3.63) is 40.4 Å². The summed E-state index contributed by atoms with van der Waals surface area (Å²) in [6.45, 7) is 0. The van der Waals surface area contributed by atoms with Crippen LogP contribution >= 0.6 is 22.9 Å². The number of benzene rings is 1. The number of aryl methyl sites for hydroxylation is 1. The predicted octanol–water partition coefficient (Wildman–Crippen LogP) is 3.65. The minimum atomic E-state index is -0.222. The lowest BCUT2D eigenvalue weighted by molar-refractivity contribution is -0.140. The van der Waals surface area contributed by atoms with Crippen molar-refractivity contribution < 1.29 is 9.53 Å². The van der Waals surface area contributed by atoms with Crippen molar-refractivity contribution in [2.24, 2.45) is 0 Å². The average molecular weight is 297 g/mol. The Labute approximate surface area is 120 Å². The molecule has 6 heteroatoms. The monoisotopic (exact) mass is 296 g/mol. The molecule has 0 unspecified atom stereocenters. The highest BCUT2D eigenvalue weighted by atomic mass is 35.5. The smallest absolute Gasteiger partial charge is 0.305 e. The number of ether oxygens (including phenoxy) is 1. The molecule has 1 N–H and O–H groups in total. The van der Waals surface area contributed by atoms with Gasteiger partial charge in [-0.2, -0.15) is 0 Å². The number of thiazole rings is 1. The van der Waals surface area contributed by atoms with Crippen LogP contribution in [-0.2, 0) is 16.0 Å². The molecule has 2 aromatic rings. The summed E-state index contributed by atoms with van der Waals surface area (Å²) in [6.07, 6.45) is 0.937. The number of esters is 1. The molecule has 1 aromatic carbocycles. The summed E-state index contributed by atoms with van der Waals surface area (Å²) in [4.78, 5) is 15.4. The number of nitrogens with one attached hydrogen (secondary N) is 1. The number of halogens is 1. The maximum Gasteiger partial charge on any atom is 0.305 e. The van der Waals surface area contributed by atoms with E-state index in [2.05, 4.69) is 15.0 Å². The molecule has 19 heavy (non-hydrogen) atoms. The largest absolute Gasteiger partial charge is 0.469 e. The van der Waals surface area contributed by atoms with Gasteiger partial charge in [-0.25, -0.2) is 4.98 Å². The van der Waals surface area contributed by atoms with Crippen molar-refractivity contribution in [1.29, 1.82) is 0 Å². The second-order valence-electron chi connectivity index (χ2n) is 3.85. The molecule has 0 aliphatic carbocycles. The number of anilines is 2. The van der Waals surface area contributed by atoms with Gasteiger partial charge in [-0.15, -0.1) is 11.3 Å². The van der Waals surface area contributed by atoms with Crippen LogP contribution in [0.15, 0.2) is 29.6 Å². The van der Waals surface area contributed by atoms with Crippen molar-refractivity contribution in [2.45, 2.75) is 12.8 Å². The molecule has 1 aromatic heterocycles. The Morgan fingerprint density at radius 2 is 2.16 bits per heavy atom. The van der Waals surface area contributed by atoms with Crippen LogP contribution in [0.1, 0.15) is 12.1 Å².